The van der Waals surface area contributed by atoms with E-state index in [0.29, 0.717) is 0 Å². The molecule has 3 heteroatoms. The van der Waals surface area contributed by atoms with Gasteiger partial charge in [-0.1, -0.05) is 32.0 Å². The Morgan fingerprint density at radius 1 is 1.16 bits per heavy atom. The Bertz CT molecular complexity index is 388. The highest BCUT2D eigenvalue weighted by atomic mass is 16.5. The fraction of sp³-hybridized carbons (Fsp3) is 0.625. The highest BCUT2D eigenvalue weighted by Gasteiger charge is 2.10. The third-order valence-corrected chi connectivity index (χ3v) is 3.84. The lowest BCUT2D eigenvalue weighted by Gasteiger charge is -2.17. The molecule has 1 N–H and O–H groups in total. The Labute approximate surface area is 116 Å². The van der Waals surface area contributed by atoms with Gasteiger partial charge in [-0.25, -0.2) is 0 Å². The standard InChI is InChI=1S/C16H26N2O/c1-3-18(4-2)9-5-8-17-11-14-6-7-15-12-19-13-16(15)10-14/h6-7,10,17H,3-5,8-9,11-13H2,1-2H3. The summed E-state index contributed by atoms with van der Waals surface area (Å²) in [5.41, 5.74) is 4.08. The molecular formula is C16H26N2O. The molecule has 1 heterocycles. The van der Waals surface area contributed by atoms with Gasteiger partial charge in [0.1, 0.15) is 0 Å². The number of nitrogens with one attached hydrogen (secondary N) is 1. The number of hydrogen-bond donors (Lipinski definition) is 1. The lowest BCUT2D eigenvalue weighted by atomic mass is 10.1. The van der Waals surface area contributed by atoms with Crippen LogP contribution in [0.1, 0.15) is 37.0 Å². The van der Waals surface area contributed by atoms with Gasteiger partial charge in [-0.15, -0.1) is 0 Å². The molecule has 0 fully saturated rings. The van der Waals surface area contributed by atoms with E-state index in [1.807, 2.05) is 0 Å². The van der Waals surface area contributed by atoms with Gasteiger partial charge in [0.25, 0.3) is 0 Å². The molecule has 1 aliphatic rings. The second-order valence-electron chi connectivity index (χ2n) is 5.15. The monoisotopic (exact) mass is 262 g/mol. The molecule has 0 unspecified atom stereocenters. The molecule has 0 amide bonds. The quantitative estimate of drug-likeness (QED) is 0.729. The first-order valence-corrected chi connectivity index (χ1v) is 7.45. The van der Waals surface area contributed by atoms with Gasteiger partial charge in [-0.2, -0.15) is 0 Å². The molecule has 0 saturated carbocycles. The molecule has 2 rings (SSSR count). The van der Waals surface area contributed by atoms with Crippen molar-refractivity contribution in [2.75, 3.05) is 26.2 Å². The number of benzene rings is 1. The van der Waals surface area contributed by atoms with Gasteiger partial charge < -0.3 is 15.0 Å². The summed E-state index contributed by atoms with van der Waals surface area (Å²) < 4.78 is 5.44. The van der Waals surface area contributed by atoms with Gasteiger partial charge in [-0.05, 0) is 49.3 Å². The molecule has 0 spiro atoms. The Morgan fingerprint density at radius 3 is 2.74 bits per heavy atom. The number of nitrogens with zero attached hydrogens (tertiary/aromatic N) is 1. The van der Waals surface area contributed by atoms with Gasteiger partial charge in [0.2, 0.25) is 0 Å². The van der Waals surface area contributed by atoms with Crippen LogP contribution in [0.25, 0.3) is 0 Å². The SMILES string of the molecule is CCN(CC)CCCNCc1ccc2c(c1)COC2. The van der Waals surface area contributed by atoms with Crippen LogP contribution in [0.4, 0.5) is 0 Å². The van der Waals surface area contributed by atoms with Crippen LogP contribution in [0.2, 0.25) is 0 Å². The molecule has 0 atom stereocenters. The zero-order valence-electron chi connectivity index (χ0n) is 12.2. The molecule has 1 aromatic rings. The van der Waals surface area contributed by atoms with Gasteiger partial charge in [0.15, 0.2) is 0 Å². The molecule has 19 heavy (non-hydrogen) atoms. The first kappa shape index (κ1) is 14.5. The fourth-order valence-corrected chi connectivity index (χ4v) is 2.54. The van der Waals surface area contributed by atoms with Crippen LogP contribution in [0.3, 0.4) is 0 Å². The van der Waals surface area contributed by atoms with E-state index in [0.717, 1.165) is 39.4 Å². The Balaban J connectivity index is 1.66. The number of rotatable bonds is 8. The van der Waals surface area contributed by atoms with Gasteiger partial charge in [0.05, 0.1) is 13.2 Å². The van der Waals surface area contributed by atoms with Crippen LogP contribution < -0.4 is 5.32 Å². The van der Waals surface area contributed by atoms with Crippen LogP contribution in [-0.2, 0) is 24.5 Å². The van der Waals surface area contributed by atoms with Gasteiger partial charge in [0, 0.05) is 6.54 Å². The van der Waals surface area contributed by atoms with Crippen LogP contribution >= 0.6 is 0 Å². The average Bonchev–Trinajstić information content (AvgIpc) is 2.90. The predicted molar refractivity (Wildman–Crippen MR) is 79.0 cm³/mol. The molecule has 3 nitrogen and oxygen atoms in total. The van der Waals surface area contributed by atoms with Crippen LogP contribution in [0, 0.1) is 0 Å². The molecule has 0 aliphatic carbocycles. The molecule has 1 aromatic carbocycles. The third kappa shape index (κ3) is 4.30. The van der Waals surface area contributed by atoms with E-state index in [4.69, 9.17) is 4.74 Å². The van der Waals surface area contributed by atoms with E-state index >= 15 is 0 Å². The molecular weight excluding hydrogens is 236 g/mol. The van der Waals surface area contributed by atoms with Crippen molar-refractivity contribution in [1.82, 2.24) is 10.2 Å². The predicted octanol–water partition coefficient (Wildman–Crippen LogP) is 2.54. The summed E-state index contributed by atoms with van der Waals surface area (Å²) in [4.78, 5) is 2.47. The summed E-state index contributed by atoms with van der Waals surface area (Å²) in [6, 6.07) is 6.69. The summed E-state index contributed by atoms with van der Waals surface area (Å²) in [6.45, 7) is 11.6. The lowest BCUT2D eigenvalue weighted by Crippen LogP contribution is -2.27. The van der Waals surface area contributed by atoms with E-state index in [1.54, 1.807) is 0 Å². The van der Waals surface area contributed by atoms with E-state index in [1.165, 1.54) is 29.7 Å². The maximum Gasteiger partial charge on any atom is 0.0725 e. The van der Waals surface area contributed by atoms with Crippen molar-refractivity contribution in [2.45, 2.75) is 40.0 Å². The largest absolute Gasteiger partial charge is 0.372 e. The molecule has 0 aromatic heterocycles. The highest BCUT2D eigenvalue weighted by Crippen LogP contribution is 2.20. The van der Waals surface area contributed by atoms with Crippen LogP contribution in [0.15, 0.2) is 18.2 Å². The first-order valence-electron chi connectivity index (χ1n) is 7.45. The minimum absolute atomic E-state index is 0.783. The van der Waals surface area contributed by atoms with E-state index < -0.39 is 0 Å². The molecule has 0 bridgehead atoms. The summed E-state index contributed by atoms with van der Waals surface area (Å²) in [7, 11) is 0. The van der Waals surface area contributed by atoms with Crippen molar-refractivity contribution in [2.24, 2.45) is 0 Å². The van der Waals surface area contributed by atoms with Crippen LogP contribution in [0.5, 0.6) is 0 Å². The lowest BCUT2D eigenvalue weighted by molar-refractivity contribution is 0.134. The second kappa shape index (κ2) is 7.63. The number of fused-ring (bicyclic) bond motifs is 1. The molecule has 1 aliphatic heterocycles. The third-order valence-electron chi connectivity index (χ3n) is 3.84. The summed E-state index contributed by atoms with van der Waals surface area (Å²) in [5, 5.41) is 3.53. The van der Waals surface area contributed by atoms with Crippen molar-refractivity contribution in [1.29, 1.82) is 0 Å². The number of ether oxygens (including phenoxy) is 1. The second-order valence-corrected chi connectivity index (χ2v) is 5.15. The maximum atomic E-state index is 5.44. The smallest absolute Gasteiger partial charge is 0.0725 e. The van der Waals surface area contributed by atoms with Crippen molar-refractivity contribution in [3.63, 3.8) is 0 Å². The highest BCUT2D eigenvalue weighted by molar-refractivity contribution is 5.33. The summed E-state index contributed by atoms with van der Waals surface area (Å²) in [6.07, 6.45) is 1.22. The van der Waals surface area contributed by atoms with E-state index in [2.05, 4.69) is 42.3 Å². The van der Waals surface area contributed by atoms with Crippen molar-refractivity contribution in [3.8, 4) is 0 Å². The molecule has 0 radical (unpaired) electrons. The van der Waals surface area contributed by atoms with Crippen LogP contribution in [-0.4, -0.2) is 31.1 Å². The first-order chi connectivity index (χ1) is 9.33. The van der Waals surface area contributed by atoms with E-state index in [-0.39, 0.29) is 0 Å². The normalized spacial score (nSPS) is 14.1. The minimum atomic E-state index is 0.783. The fourth-order valence-electron chi connectivity index (χ4n) is 2.54. The molecule has 0 saturated heterocycles. The van der Waals surface area contributed by atoms with Crippen molar-refractivity contribution < 1.29 is 4.74 Å². The maximum absolute atomic E-state index is 5.44. The zero-order valence-corrected chi connectivity index (χ0v) is 12.2. The number of hydrogen-bond acceptors (Lipinski definition) is 3. The Hall–Kier alpha value is -0.900. The zero-order chi connectivity index (χ0) is 13.5. The van der Waals surface area contributed by atoms with Gasteiger partial charge in [-0.3, -0.25) is 0 Å². The minimum Gasteiger partial charge on any atom is -0.372 e. The summed E-state index contributed by atoms with van der Waals surface area (Å²) >= 11 is 0. The van der Waals surface area contributed by atoms with E-state index in [9.17, 15) is 0 Å². The summed E-state index contributed by atoms with van der Waals surface area (Å²) in [5.74, 6) is 0. The topological polar surface area (TPSA) is 24.5 Å². The van der Waals surface area contributed by atoms with Gasteiger partial charge >= 0.3 is 0 Å². The van der Waals surface area contributed by atoms with Crippen molar-refractivity contribution in [3.05, 3.63) is 34.9 Å². The Morgan fingerprint density at radius 2 is 1.95 bits per heavy atom. The average molecular weight is 262 g/mol. The Kier molecular flexibility index (Phi) is 5.83. The molecule has 106 valence electrons. The van der Waals surface area contributed by atoms with Crippen molar-refractivity contribution >= 4 is 0 Å².